The number of nitrogen functional groups attached to an aromatic ring is 2. The summed E-state index contributed by atoms with van der Waals surface area (Å²) in [5, 5.41) is 7.77. The van der Waals surface area contributed by atoms with Crippen molar-refractivity contribution < 1.29 is 4.79 Å². The predicted octanol–water partition coefficient (Wildman–Crippen LogP) is 4.66. The van der Waals surface area contributed by atoms with Gasteiger partial charge in [0.05, 0.1) is 5.92 Å². The molecule has 6 nitrogen and oxygen atoms in total. The standard InChI is InChI=1S/C28H39N5O/c1-19-8-6-9-20(2)32(19)14-4-3-5-15-33-26-18-24(29)13-12-22(26)17-25(28(33)34)21-10-7-11-23(16-21)27(30)31/h7,10-13,16,18-20,25H,3-6,8-9,14-15,17,29H2,1-2H3,(H3,30,31)/t19-,20+,25?. The smallest absolute Gasteiger partial charge is 0.234 e. The van der Waals surface area contributed by atoms with Gasteiger partial charge in [0.15, 0.2) is 0 Å². The van der Waals surface area contributed by atoms with Crippen molar-refractivity contribution in [1.82, 2.24) is 4.90 Å². The summed E-state index contributed by atoms with van der Waals surface area (Å²) in [6.45, 7) is 6.54. The molecule has 2 heterocycles. The zero-order chi connectivity index (χ0) is 24.2. The molecule has 0 spiro atoms. The topological polar surface area (TPSA) is 99.4 Å². The fourth-order valence-corrected chi connectivity index (χ4v) is 5.69. The minimum absolute atomic E-state index is 0.0208. The van der Waals surface area contributed by atoms with E-state index in [0.717, 1.165) is 42.6 Å². The zero-order valence-electron chi connectivity index (χ0n) is 20.6. The molecular weight excluding hydrogens is 422 g/mol. The van der Waals surface area contributed by atoms with E-state index in [1.165, 1.54) is 19.3 Å². The number of hydrogen-bond donors (Lipinski definition) is 3. The maximum Gasteiger partial charge on any atom is 0.234 e. The number of hydrogen-bond acceptors (Lipinski definition) is 4. The molecule has 2 aromatic carbocycles. The minimum Gasteiger partial charge on any atom is -0.399 e. The van der Waals surface area contributed by atoms with Crippen LogP contribution in [0.15, 0.2) is 42.5 Å². The molecule has 1 unspecified atom stereocenters. The molecule has 182 valence electrons. The largest absolute Gasteiger partial charge is 0.399 e. The number of likely N-dealkylation sites (tertiary alicyclic amines) is 1. The van der Waals surface area contributed by atoms with Crippen LogP contribution in [0.1, 0.15) is 75.0 Å². The van der Waals surface area contributed by atoms with E-state index in [1.807, 2.05) is 47.4 Å². The van der Waals surface area contributed by atoms with E-state index in [1.54, 1.807) is 0 Å². The zero-order valence-corrected chi connectivity index (χ0v) is 20.6. The highest BCUT2D eigenvalue weighted by Gasteiger charge is 2.34. The second-order valence-electron chi connectivity index (χ2n) is 10.1. The van der Waals surface area contributed by atoms with Crippen molar-refractivity contribution in [2.45, 2.75) is 76.8 Å². The highest BCUT2D eigenvalue weighted by Crippen LogP contribution is 2.37. The first-order valence-electron chi connectivity index (χ1n) is 12.7. The van der Waals surface area contributed by atoms with Crippen molar-refractivity contribution in [3.8, 4) is 0 Å². The highest BCUT2D eigenvalue weighted by molar-refractivity contribution is 6.02. The second-order valence-corrected chi connectivity index (χ2v) is 10.1. The van der Waals surface area contributed by atoms with Crippen LogP contribution in [0.4, 0.5) is 11.4 Å². The van der Waals surface area contributed by atoms with Crippen molar-refractivity contribution in [1.29, 1.82) is 5.41 Å². The third-order valence-corrected chi connectivity index (χ3v) is 7.66. The van der Waals surface area contributed by atoms with E-state index in [0.29, 0.717) is 36.3 Å². The van der Waals surface area contributed by atoms with Gasteiger partial charge in [0.25, 0.3) is 0 Å². The van der Waals surface area contributed by atoms with Gasteiger partial charge >= 0.3 is 0 Å². The van der Waals surface area contributed by atoms with Crippen molar-refractivity contribution >= 4 is 23.1 Å². The molecule has 2 aromatic rings. The third kappa shape index (κ3) is 5.27. The Labute approximate surface area is 203 Å². The average molecular weight is 462 g/mol. The summed E-state index contributed by atoms with van der Waals surface area (Å²) in [7, 11) is 0. The molecule has 34 heavy (non-hydrogen) atoms. The molecule has 4 rings (SSSR count). The lowest BCUT2D eigenvalue weighted by Crippen LogP contribution is -2.44. The Kier molecular flexibility index (Phi) is 7.57. The molecule has 0 radical (unpaired) electrons. The molecular formula is C28H39N5O. The summed E-state index contributed by atoms with van der Waals surface area (Å²) >= 11 is 0. The number of amides is 1. The van der Waals surface area contributed by atoms with Crippen LogP contribution >= 0.6 is 0 Å². The van der Waals surface area contributed by atoms with Crippen LogP contribution in [0.3, 0.4) is 0 Å². The Balaban J connectivity index is 1.45. The van der Waals surface area contributed by atoms with E-state index < -0.39 is 0 Å². The maximum absolute atomic E-state index is 13.7. The Bertz CT molecular complexity index is 1030. The van der Waals surface area contributed by atoms with Gasteiger partial charge in [-0.1, -0.05) is 37.1 Å². The fourth-order valence-electron chi connectivity index (χ4n) is 5.69. The highest BCUT2D eigenvalue weighted by atomic mass is 16.2. The van der Waals surface area contributed by atoms with Crippen LogP contribution in [-0.4, -0.2) is 41.8 Å². The van der Waals surface area contributed by atoms with Crippen molar-refractivity contribution in [3.63, 3.8) is 0 Å². The van der Waals surface area contributed by atoms with Gasteiger partial charge < -0.3 is 16.4 Å². The molecule has 6 heteroatoms. The number of rotatable bonds is 8. The van der Waals surface area contributed by atoms with Crippen LogP contribution in [-0.2, 0) is 11.2 Å². The van der Waals surface area contributed by atoms with Crippen LogP contribution in [0, 0.1) is 5.41 Å². The molecule has 0 saturated carbocycles. The number of nitrogens with one attached hydrogen (secondary N) is 1. The van der Waals surface area contributed by atoms with Crippen LogP contribution in [0.5, 0.6) is 0 Å². The van der Waals surface area contributed by atoms with E-state index in [4.69, 9.17) is 16.9 Å². The van der Waals surface area contributed by atoms with E-state index in [9.17, 15) is 4.79 Å². The first-order valence-corrected chi connectivity index (χ1v) is 12.7. The van der Waals surface area contributed by atoms with Crippen LogP contribution in [0.25, 0.3) is 0 Å². The number of nitrogens with two attached hydrogens (primary N) is 2. The summed E-state index contributed by atoms with van der Waals surface area (Å²) < 4.78 is 0. The van der Waals surface area contributed by atoms with Gasteiger partial charge in [-0.3, -0.25) is 15.1 Å². The maximum atomic E-state index is 13.7. The lowest BCUT2D eigenvalue weighted by molar-refractivity contribution is -0.120. The van der Waals surface area contributed by atoms with Gasteiger partial charge in [0.2, 0.25) is 5.91 Å². The summed E-state index contributed by atoms with van der Waals surface area (Å²) in [6, 6.07) is 14.8. The monoisotopic (exact) mass is 461 g/mol. The van der Waals surface area contributed by atoms with E-state index in [-0.39, 0.29) is 17.7 Å². The Morgan fingerprint density at radius 1 is 1.03 bits per heavy atom. The average Bonchev–Trinajstić information content (AvgIpc) is 2.81. The number of nitrogens with zero attached hydrogens (tertiary/aromatic N) is 2. The second kappa shape index (κ2) is 10.6. The number of amidine groups is 1. The molecule has 5 N–H and O–H groups in total. The number of piperidine rings is 1. The predicted molar refractivity (Wildman–Crippen MR) is 140 cm³/mol. The van der Waals surface area contributed by atoms with E-state index >= 15 is 0 Å². The van der Waals surface area contributed by atoms with Gasteiger partial charge in [-0.25, -0.2) is 0 Å². The van der Waals surface area contributed by atoms with Crippen molar-refractivity contribution in [2.75, 3.05) is 23.7 Å². The number of carbonyl (C=O) groups is 1. The molecule has 0 aromatic heterocycles. The Hall–Kier alpha value is -2.86. The van der Waals surface area contributed by atoms with Gasteiger partial charge in [-0.15, -0.1) is 0 Å². The molecule has 1 fully saturated rings. The van der Waals surface area contributed by atoms with Crippen molar-refractivity contribution in [3.05, 3.63) is 59.2 Å². The van der Waals surface area contributed by atoms with Crippen LogP contribution in [0.2, 0.25) is 0 Å². The Morgan fingerprint density at radius 3 is 2.50 bits per heavy atom. The minimum atomic E-state index is -0.273. The molecule has 0 aliphatic carbocycles. The summed E-state index contributed by atoms with van der Waals surface area (Å²) in [5.41, 5.74) is 16.1. The van der Waals surface area contributed by atoms with Gasteiger partial charge in [0.1, 0.15) is 5.84 Å². The molecule has 2 aliphatic rings. The van der Waals surface area contributed by atoms with Gasteiger partial charge in [0, 0.05) is 35.6 Å². The van der Waals surface area contributed by atoms with Crippen LogP contribution < -0.4 is 16.4 Å². The normalized spacial score (nSPS) is 23.1. The summed E-state index contributed by atoms with van der Waals surface area (Å²) in [5.74, 6) is -0.143. The quantitative estimate of drug-likeness (QED) is 0.230. The first-order chi connectivity index (χ1) is 16.3. The van der Waals surface area contributed by atoms with E-state index in [2.05, 4.69) is 18.7 Å². The molecule has 0 bridgehead atoms. The molecule has 2 aliphatic heterocycles. The summed E-state index contributed by atoms with van der Waals surface area (Å²) in [4.78, 5) is 18.3. The van der Waals surface area contributed by atoms with Crippen molar-refractivity contribution in [2.24, 2.45) is 5.73 Å². The lowest BCUT2D eigenvalue weighted by atomic mass is 9.85. The molecule has 3 atom stereocenters. The molecule has 1 amide bonds. The SMILES string of the molecule is C[C@@H]1CCC[C@H](C)N1CCCCCN1C(=O)C(c2cccc(C(=N)N)c2)Cc2ccc(N)cc21. The third-order valence-electron chi connectivity index (χ3n) is 7.66. The molecule has 1 saturated heterocycles. The lowest BCUT2D eigenvalue weighted by Gasteiger charge is -2.39. The Morgan fingerprint density at radius 2 is 1.76 bits per heavy atom. The van der Waals surface area contributed by atoms with Gasteiger partial charge in [-0.05, 0) is 81.8 Å². The summed E-state index contributed by atoms with van der Waals surface area (Å²) in [6.07, 6.45) is 7.81. The number of fused-ring (bicyclic) bond motifs is 1. The first kappa shape index (κ1) is 24.3. The number of carbonyl (C=O) groups excluding carboxylic acids is 1. The number of unbranched alkanes of at least 4 members (excludes halogenated alkanes) is 2. The number of anilines is 2. The number of benzene rings is 2. The fraction of sp³-hybridized carbons (Fsp3) is 0.500. The van der Waals surface area contributed by atoms with Gasteiger partial charge in [-0.2, -0.15) is 0 Å².